The topological polar surface area (TPSA) is 64.1 Å². The zero-order chi connectivity index (χ0) is 15.1. The molecule has 0 atom stereocenters. The summed E-state index contributed by atoms with van der Waals surface area (Å²) in [6, 6.07) is 7.71. The summed E-state index contributed by atoms with van der Waals surface area (Å²) in [4.78, 5) is 22.0. The lowest BCUT2D eigenvalue weighted by atomic mass is 10.0. The average molecular weight is 311 g/mol. The second kappa shape index (κ2) is 5.06. The first-order chi connectivity index (χ1) is 10.7. The maximum atomic E-state index is 11.4. The molecule has 0 fully saturated rings. The lowest BCUT2D eigenvalue weighted by molar-refractivity contribution is -0.116. The van der Waals surface area contributed by atoms with Gasteiger partial charge in [-0.2, -0.15) is 0 Å². The fourth-order valence-corrected chi connectivity index (χ4v) is 3.41. The Hall–Kier alpha value is -2.47. The van der Waals surface area contributed by atoms with Crippen molar-refractivity contribution < 1.29 is 9.53 Å². The number of nitrogens with one attached hydrogen (secondary N) is 1. The Bertz CT molecular complexity index is 888. The Morgan fingerprint density at radius 3 is 3.05 bits per heavy atom. The van der Waals surface area contributed by atoms with E-state index in [2.05, 4.69) is 15.3 Å². The zero-order valence-electron chi connectivity index (χ0n) is 11.9. The molecule has 0 spiro atoms. The number of thiophene rings is 1. The van der Waals surface area contributed by atoms with Gasteiger partial charge in [0, 0.05) is 17.0 Å². The molecule has 0 saturated heterocycles. The van der Waals surface area contributed by atoms with Crippen molar-refractivity contribution in [1.29, 1.82) is 0 Å². The summed E-state index contributed by atoms with van der Waals surface area (Å²) in [5, 5.41) is 3.79. The van der Waals surface area contributed by atoms with Gasteiger partial charge in [0.1, 0.15) is 16.9 Å². The third kappa shape index (κ3) is 2.31. The number of ether oxygens (including phenoxy) is 1. The minimum atomic E-state index is 0.0624. The quantitative estimate of drug-likeness (QED) is 0.784. The minimum Gasteiger partial charge on any atom is -0.438 e. The zero-order valence-corrected chi connectivity index (χ0v) is 12.7. The number of hydrogen-bond donors (Lipinski definition) is 1. The molecule has 1 amide bonds. The predicted molar refractivity (Wildman–Crippen MR) is 85.6 cm³/mol. The molecule has 0 saturated carbocycles. The van der Waals surface area contributed by atoms with Crippen LogP contribution in [-0.2, 0) is 11.2 Å². The summed E-state index contributed by atoms with van der Waals surface area (Å²) in [7, 11) is 0. The van der Waals surface area contributed by atoms with E-state index in [9.17, 15) is 4.79 Å². The van der Waals surface area contributed by atoms with Crippen LogP contribution in [0.5, 0.6) is 11.6 Å². The fourth-order valence-electron chi connectivity index (χ4n) is 2.57. The molecule has 0 unspecified atom stereocenters. The molecule has 6 heteroatoms. The van der Waals surface area contributed by atoms with Gasteiger partial charge in [-0.25, -0.2) is 9.97 Å². The second-order valence-electron chi connectivity index (χ2n) is 5.22. The predicted octanol–water partition coefficient (Wildman–Crippen LogP) is 3.68. The van der Waals surface area contributed by atoms with Gasteiger partial charge in [-0.05, 0) is 43.2 Å². The van der Waals surface area contributed by atoms with Gasteiger partial charge < -0.3 is 10.1 Å². The first-order valence-electron chi connectivity index (χ1n) is 7.01. The Morgan fingerprint density at radius 2 is 2.14 bits per heavy atom. The van der Waals surface area contributed by atoms with Crippen LogP contribution in [0.3, 0.4) is 0 Å². The first-order valence-corrected chi connectivity index (χ1v) is 7.82. The highest BCUT2D eigenvalue weighted by Gasteiger charge is 2.16. The van der Waals surface area contributed by atoms with Gasteiger partial charge in [0.2, 0.25) is 11.8 Å². The van der Waals surface area contributed by atoms with Crippen LogP contribution >= 0.6 is 11.3 Å². The standard InChI is InChI=1S/C16H13N3O2S/c1-9-6-12-15(17-8-18-16(12)22-9)21-11-3-4-13-10(7-11)2-5-14(20)19-13/h3-4,6-8H,2,5H2,1H3,(H,19,20). The van der Waals surface area contributed by atoms with E-state index < -0.39 is 0 Å². The van der Waals surface area contributed by atoms with Crippen LogP contribution in [0, 0.1) is 6.92 Å². The maximum absolute atomic E-state index is 11.4. The van der Waals surface area contributed by atoms with Crippen molar-refractivity contribution in [3.05, 3.63) is 41.0 Å². The van der Waals surface area contributed by atoms with Gasteiger partial charge in [0.25, 0.3) is 0 Å². The molecule has 0 aliphatic carbocycles. The van der Waals surface area contributed by atoms with Crippen LogP contribution in [-0.4, -0.2) is 15.9 Å². The summed E-state index contributed by atoms with van der Waals surface area (Å²) < 4.78 is 5.94. The normalized spacial score (nSPS) is 13.8. The minimum absolute atomic E-state index is 0.0624. The highest BCUT2D eigenvalue weighted by molar-refractivity contribution is 7.18. The second-order valence-corrected chi connectivity index (χ2v) is 6.46. The molecule has 5 nitrogen and oxygen atoms in total. The molecule has 1 aliphatic heterocycles. The van der Waals surface area contributed by atoms with Crippen molar-refractivity contribution in [1.82, 2.24) is 9.97 Å². The largest absolute Gasteiger partial charge is 0.438 e. The average Bonchev–Trinajstić information content (AvgIpc) is 2.89. The number of benzene rings is 1. The first kappa shape index (κ1) is 13.2. The van der Waals surface area contributed by atoms with Crippen LogP contribution in [0.25, 0.3) is 10.2 Å². The Labute approximate surface area is 131 Å². The number of nitrogens with zero attached hydrogens (tertiary/aromatic N) is 2. The van der Waals surface area contributed by atoms with E-state index in [0.29, 0.717) is 12.3 Å². The van der Waals surface area contributed by atoms with Gasteiger partial charge >= 0.3 is 0 Å². The van der Waals surface area contributed by atoms with Crippen LogP contribution < -0.4 is 10.1 Å². The van der Waals surface area contributed by atoms with Gasteiger partial charge in [-0.3, -0.25) is 4.79 Å². The van der Waals surface area contributed by atoms with Crippen LogP contribution in [0.4, 0.5) is 5.69 Å². The summed E-state index contributed by atoms with van der Waals surface area (Å²) in [5.41, 5.74) is 1.95. The number of aromatic nitrogens is 2. The van der Waals surface area contributed by atoms with Gasteiger partial charge in [-0.15, -0.1) is 11.3 Å². The summed E-state index contributed by atoms with van der Waals surface area (Å²) in [5.74, 6) is 1.35. The number of amides is 1. The number of carbonyl (C=O) groups excluding carboxylic acids is 1. The molecular formula is C16H13N3O2S. The molecule has 1 aromatic carbocycles. The highest BCUT2D eigenvalue weighted by Crippen LogP contribution is 2.33. The van der Waals surface area contributed by atoms with E-state index in [4.69, 9.17) is 4.74 Å². The lowest BCUT2D eigenvalue weighted by Crippen LogP contribution is -2.18. The molecule has 3 aromatic rings. The fraction of sp³-hybridized carbons (Fsp3) is 0.188. The van der Waals surface area contributed by atoms with Crippen molar-refractivity contribution in [3.8, 4) is 11.6 Å². The van der Waals surface area contributed by atoms with Crippen molar-refractivity contribution in [2.75, 3.05) is 5.32 Å². The molecule has 4 rings (SSSR count). The van der Waals surface area contributed by atoms with Crippen molar-refractivity contribution >= 4 is 33.1 Å². The molecule has 1 N–H and O–H groups in total. The van der Waals surface area contributed by atoms with Crippen molar-refractivity contribution in [2.45, 2.75) is 19.8 Å². The number of fused-ring (bicyclic) bond motifs is 2. The molecule has 2 aromatic heterocycles. The Kier molecular flexibility index (Phi) is 3.04. The van der Waals surface area contributed by atoms with Crippen LogP contribution in [0.2, 0.25) is 0 Å². The molecule has 0 radical (unpaired) electrons. The Morgan fingerprint density at radius 1 is 1.23 bits per heavy atom. The molecule has 110 valence electrons. The van der Waals surface area contributed by atoms with E-state index in [-0.39, 0.29) is 5.91 Å². The maximum Gasteiger partial charge on any atom is 0.231 e. The van der Waals surface area contributed by atoms with Crippen molar-refractivity contribution in [3.63, 3.8) is 0 Å². The smallest absolute Gasteiger partial charge is 0.231 e. The van der Waals surface area contributed by atoms with E-state index in [1.54, 1.807) is 11.3 Å². The van der Waals surface area contributed by atoms with Crippen LogP contribution in [0.1, 0.15) is 16.9 Å². The summed E-state index contributed by atoms with van der Waals surface area (Å²) in [6.07, 6.45) is 2.76. The molecule has 1 aliphatic rings. The number of hydrogen-bond acceptors (Lipinski definition) is 5. The number of aryl methyl sites for hydroxylation is 2. The van der Waals surface area contributed by atoms with Gasteiger partial charge in [0.05, 0.1) is 5.39 Å². The third-order valence-corrected chi connectivity index (χ3v) is 4.56. The molecule has 0 bridgehead atoms. The molecule has 22 heavy (non-hydrogen) atoms. The van der Waals surface area contributed by atoms with E-state index in [0.717, 1.165) is 33.6 Å². The number of anilines is 1. The monoisotopic (exact) mass is 311 g/mol. The summed E-state index contributed by atoms with van der Waals surface area (Å²) in [6.45, 7) is 2.04. The number of carbonyl (C=O) groups is 1. The van der Waals surface area contributed by atoms with Crippen LogP contribution in [0.15, 0.2) is 30.6 Å². The lowest BCUT2D eigenvalue weighted by Gasteiger charge is -2.17. The van der Waals surface area contributed by atoms with E-state index in [1.807, 2.05) is 31.2 Å². The van der Waals surface area contributed by atoms with Gasteiger partial charge in [0.15, 0.2) is 0 Å². The Balaban J connectivity index is 1.69. The van der Waals surface area contributed by atoms with Crippen molar-refractivity contribution in [2.24, 2.45) is 0 Å². The highest BCUT2D eigenvalue weighted by atomic mass is 32.1. The van der Waals surface area contributed by atoms with E-state index in [1.165, 1.54) is 11.2 Å². The SMILES string of the molecule is Cc1cc2c(Oc3ccc4c(c3)CCC(=O)N4)ncnc2s1. The number of rotatable bonds is 2. The molecular weight excluding hydrogens is 298 g/mol. The van der Waals surface area contributed by atoms with E-state index >= 15 is 0 Å². The summed E-state index contributed by atoms with van der Waals surface area (Å²) >= 11 is 1.62. The molecule has 3 heterocycles. The van der Waals surface area contributed by atoms with Gasteiger partial charge in [-0.1, -0.05) is 0 Å². The third-order valence-electron chi connectivity index (χ3n) is 3.60.